The molecule has 2 aliphatic rings. The number of carbonyl (C=O) groups is 2. The minimum atomic E-state index is -1.15. The topological polar surface area (TPSA) is 77.0 Å². The molecule has 1 aromatic rings. The van der Waals surface area contributed by atoms with Gasteiger partial charge in [-0.15, -0.1) is 0 Å². The lowest BCUT2D eigenvalue weighted by Crippen LogP contribution is -2.52. The summed E-state index contributed by atoms with van der Waals surface area (Å²) in [6.45, 7) is 7.53. The Hall–Kier alpha value is -2.37. The number of carbonyl (C=O) groups excluding carboxylic acids is 2. The summed E-state index contributed by atoms with van der Waals surface area (Å²) < 4.78 is 10.7. The van der Waals surface area contributed by atoms with Gasteiger partial charge in [0.25, 0.3) is 5.91 Å². The summed E-state index contributed by atoms with van der Waals surface area (Å²) in [5.74, 6) is 0.0963. The van der Waals surface area contributed by atoms with E-state index < -0.39 is 16.4 Å². The lowest BCUT2D eigenvalue weighted by Gasteiger charge is -2.34. The van der Waals surface area contributed by atoms with Crippen LogP contribution in [0.4, 0.5) is 0 Å². The van der Waals surface area contributed by atoms with E-state index in [2.05, 4.69) is 10.5 Å². The van der Waals surface area contributed by atoms with Crippen LogP contribution in [0.5, 0.6) is 5.75 Å². The standard InChI is InChI=1S/C19H24N2O4/c1-12(13-6-8-14(24-5)9-7-13)20-21-15(22)19-11-10-18(4,16(23)25-19)17(19,2)3/h6-9H,10-11H2,1-5H3,(H,21,22). The van der Waals surface area contributed by atoms with Crippen LogP contribution in [0.3, 0.4) is 0 Å². The Kier molecular flexibility index (Phi) is 3.89. The van der Waals surface area contributed by atoms with E-state index in [1.807, 2.05) is 52.0 Å². The fraction of sp³-hybridized carbons (Fsp3) is 0.526. The second-order valence-corrected chi connectivity index (χ2v) is 7.54. The molecule has 1 aliphatic carbocycles. The Morgan fingerprint density at radius 2 is 1.84 bits per heavy atom. The molecule has 0 radical (unpaired) electrons. The Morgan fingerprint density at radius 3 is 2.32 bits per heavy atom. The number of rotatable bonds is 4. The number of hydrogen-bond acceptors (Lipinski definition) is 5. The summed E-state index contributed by atoms with van der Waals surface area (Å²) in [7, 11) is 1.61. The predicted octanol–water partition coefficient (Wildman–Crippen LogP) is 2.66. The van der Waals surface area contributed by atoms with Crippen molar-refractivity contribution >= 4 is 17.6 Å². The SMILES string of the molecule is COc1ccc(C(C)=NNC(=O)C23CCC(C)(C(=O)O2)C3(C)C)cc1. The maximum Gasteiger partial charge on any atom is 0.313 e. The summed E-state index contributed by atoms with van der Waals surface area (Å²) in [6.07, 6.45) is 1.17. The smallest absolute Gasteiger partial charge is 0.313 e. The number of hydrogen-bond donors (Lipinski definition) is 1. The van der Waals surface area contributed by atoms with Crippen molar-refractivity contribution in [1.29, 1.82) is 0 Å². The molecule has 2 bridgehead atoms. The van der Waals surface area contributed by atoms with Crippen molar-refractivity contribution < 1.29 is 19.1 Å². The van der Waals surface area contributed by atoms with Gasteiger partial charge in [-0.3, -0.25) is 9.59 Å². The van der Waals surface area contributed by atoms with Gasteiger partial charge < -0.3 is 9.47 Å². The number of ether oxygens (including phenoxy) is 2. The third-order valence-corrected chi connectivity index (χ3v) is 6.28. The van der Waals surface area contributed by atoms with Gasteiger partial charge in [-0.2, -0.15) is 5.10 Å². The summed E-state index contributed by atoms with van der Waals surface area (Å²) >= 11 is 0. The maximum atomic E-state index is 12.8. The summed E-state index contributed by atoms with van der Waals surface area (Å²) in [4.78, 5) is 25.1. The summed E-state index contributed by atoms with van der Waals surface area (Å²) in [6, 6.07) is 7.40. The number of esters is 1. The summed E-state index contributed by atoms with van der Waals surface area (Å²) in [5.41, 5.74) is 1.78. The van der Waals surface area contributed by atoms with Crippen molar-refractivity contribution in [1.82, 2.24) is 5.43 Å². The summed E-state index contributed by atoms with van der Waals surface area (Å²) in [5, 5.41) is 4.20. The van der Waals surface area contributed by atoms with E-state index in [0.717, 1.165) is 11.3 Å². The van der Waals surface area contributed by atoms with Crippen LogP contribution in [0.15, 0.2) is 29.4 Å². The predicted molar refractivity (Wildman–Crippen MR) is 93.3 cm³/mol. The zero-order valence-electron chi connectivity index (χ0n) is 15.3. The minimum Gasteiger partial charge on any atom is -0.497 e. The Labute approximate surface area is 147 Å². The molecule has 1 saturated carbocycles. The largest absolute Gasteiger partial charge is 0.497 e. The lowest BCUT2D eigenvalue weighted by molar-refractivity contribution is -0.168. The van der Waals surface area contributed by atoms with Crippen LogP contribution in [0.1, 0.15) is 46.1 Å². The fourth-order valence-electron chi connectivity index (χ4n) is 3.87. The van der Waals surface area contributed by atoms with E-state index in [4.69, 9.17) is 9.47 Å². The minimum absolute atomic E-state index is 0.297. The first-order valence-electron chi connectivity index (χ1n) is 8.40. The van der Waals surface area contributed by atoms with Gasteiger partial charge in [0.05, 0.1) is 18.2 Å². The third kappa shape index (κ3) is 2.27. The van der Waals surface area contributed by atoms with Crippen LogP contribution in [0.2, 0.25) is 0 Å². The molecule has 1 amide bonds. The number of amides is 1. The van der Waals surface area contributed by atoms with E-state index in [1.54, 1.807) is 7.11 Å². The molecule has 3 rings (SSSR count). The Morgan fingerprint density at radius 1 is 1.20 bits per heavy atom. The maximum absolute atomic E-state index is 12.8. The van der Waals surface area contributed by atoms with Gasteiger partial charge >= 0.3 is 5.97 Å². The zero-order valence-corrected chi connectivity index (χ0v) is 15.3. The molecule has 2 fully saturated rings. The van der Waals surface area contributed by atoms with Crippen molar-refractivity contribution in [2.45, 2.75) is 46.1 Å². The first-order valence-corrected chi connectivity index (χ1v) is 8.40. The molecule has 25 heavy (non-hydrogen) atoms. The second-order valence-electron chi connectivity index (χ2n) is 7.54. The molecular weight excluding hydrogens is 320 g/mol. The van der Waals surface area contributed by atoms with E-state index in [9.17, 15) is 9.59 Å². The van der Waals surface area contributed by atoms with Gasteiger partial charge in [0.1, 0.15) is 5.75 Å². The zero-order chi connectivity index (χ0) is 18.5. The third-order valence-electron chi connectivity index (χ3n) is 6.28. The van der Waals surface area contributed by atoms with Crippen molar-refractivity contribution in [3.63, 3.8) is 0 Å². The van der Waals surface area contributed by atoms with Crippen molar-refractivity contribution in [2.24, 2.45) is 15.9 Å². The number of methoxy groups -OCH3 is 1. The van der Waals surface area contributed by atoms with Crippen molar-refractivity contribution in [3.05, 3.63) is 29.8 Å². The molecule has 1 N–H and O–H groups in total. The van der Waals surface area contributed by atoms with E-state index >= 15 is 0 Å². The molecular formula is C19H24N2O4. The first kappa shape index (κ1) is 17.5. The number of nitrogens with zero attached hydrogens (tertiary/aromatic N) is 1. The monoisotopic (exact) mass is 344 g/mol. The molecule has 0 aromatic heterocycles. The highest BCUT2D eigenvalue weighted by Gasteiger charge is 2.75. The van der Waals surface area contributed by atoms with Crippen molar-refractivity contribution in [2.75, 3.05) is 7.11 Å². The van der Waals surface area contributed by atoms with Gasteiger partial charge in [0, 0.05) is 5.41 Å². The number of benzene rings is 1. The van der Waals surface area contributed by atoms with Crippen molar-refractivity contribution in [3.8, 4) is 5.75 Å². The van der Waals surface area contributed by atoms with Crippen LogP contribution in [-0.2, 0) is 14.3 Å². The molecule has 2 unspecified atom stereocenters. The van der Waals surface area contributed by atoms with E-state index in [0.29, 0.717) is 18.6 Å². The normalized spacial score (nSPS) is 30.1. The highest BCUT2D eigenvalue weighted by molar-refractivity contribution is 6.01. The quantitative estimate of drug-likeness (QED) is 0.517. The van der Waals surface area contributed by atoms with Crippen LogP contribution >= 0.6 is 0 Å². The van der Waals surface area contributed by atoms with E-state index in [1.165, 1.54) is 0 Å². The Bertz CT molecular complexity index is 753. The number of fused-ring (bicyclic) bond motifs is 2. The number of hydrazone groups is 1. The van der Waals surface area contributed by atoms with Crippen LogP contribution < -0.4 is 10.2 Å². The fourth-order valence-corrected chi connectivity index (χ4v) is 3.87. The average Bonchev–Trinajstić information content (AvgIpc) is 2.89. The second kappa shape index (κ2) is 5.58. The first-order chi connectivity index (χ1) is 11.7. The highest BCUT2D eigenvalue weighted by atomic mass is 16.6. The lowest BCUT2D eigenvalue weighted by atomic mass is 9.66. The van der Waals surface area contributed by atoms with E-state index in [-0.39, 0.29) is 11.9 Å². The van der Waals surface area contributed by atoms with Gasteiger partial charge in [-0.05, 0) is 56.5 Å². The molecule has 6 heteroatoms. The van der Waals surface area contributed by atoms with Gasteiger partial charge in [0.2, 0.25) is 0 Å². The Balaban J connectivity index is 1.79. The van der Waals surface area contributed by atoms with Crippen LogP contribution in [0.25, 0.3) is 0 Å². The molecule has 2 atom stereocenters. The molecule has 1 saturated heterocycles. The molecule has 134 valence electrons. The van der Waals surface area contributed by atoms with Gasteiger partial charge in [-0.1, -0.05) is 13.8 Å². The van der Waals surface area contributed by atoms with Gasteiger partial charge in [-0.25, -0.2) is 5.43 Å². The van der Waals surface area contributed by atoms with Crippen LogP contribution in [-0.4, -0.2) is 30.3 Å². The van der Waals surface area contributed by atoms with Gasteiger partial charge in [0.15, 0.2) is 5.60 Å². The molecule has 6 nitrogen and oxygen atoms in total. The average molecular weight is 344 g/mol. The number of nitrogens with one attached hydrogen (secondary N) is 1. The molecule has 1 aliphatic heterocycles. The molecule has 1 heterocycles. The highest BCUT2D eigenvalue weighted by Crippen LogP contribution is 2.65. The molecule has 1 aromatic carbocycles. The molecule has 0 spiro atoms. The van der Waals surface area contributed by atoms with Crippen LogP contribution in [0, 0.1) is 10.8 Å².